The van der Waals surface area contributed by atoms with Gasteiger partial charge in [-0.1, -0.05) is 6.07 Å². The summed E-state index contributed by atoms with van der Waals surface area (Å²) in [5.74, 6) is 0.502. The molecule has 0 bridgehead atoms. The number of nitrogens with zero attached hydrogens (tertiary/aromatic N) is 4. The molecule has 1 fully saturated rings. The molecule has 2 heterocycles. The number of benzene rings is 1. The second kappa shape index (κ2) is 7.66. The first-order valence-corrected chi connectivity index (χ1v) is 9.38. The van der Waals surface area contributed by atoms with E-state index in [1.165, 1.54) is 16.9 Å². The van der Waals surface area contributed by atoms with Crippen molar-refractivity contribution in [3.63, 3.8) is 0 Å². The number of rotatable bonds is 5. The molecule has 0 unspecified atom stereocenters. The van der Waals surface area contributed by atoms with Gasteiger partial charge in [0.1, 0.15) is 12.0 Å². The van der Waals surface area contributed by atoms with Crippen molar-refractivity contribution in [3.05, 3.63) is 41.9 Å². The molecule has 166 valence electrons. The number of aliphatic hydroxyl groups is 1. The quantitative estimate of drug-likeness (QED) is 0.579. The summed E-state index contributed by atoms with van der Waals surface area (Å²) in [5, 5.41) is 20.3. The Bertz CT molecular complexity index is 1090. The Balaban J connectivity index is 1.75. The Morgan fingerprint density at radius 2 is 1.84 bits per heavy atom. The van der Waals surface area contributed by atoms with E-state index >= 15 is 0 Å². The molecule has 31 heavy (non-hydrogen) atoms. The standard InChI is InChI=1S/C19H17F6N5O/c20-18(21,22)6-11-5-12(19(23,24)25)1-2-14(11)16-15-7-26-9-30(15)17(29-28-16)27-13-3-10(4-13)8-31/h1-2,5,7,9-10,13,31H,3-4,6,8H2,(H,27,29). The number of nitrogens with one attached hydrogen (secondary N) is 1. The molecule has 0 atom stereocenters. The van der Waals surface area contributed by atoms with Gasteiger partial charge in [0.15, 0.2) is 0 Å². The van der Waals surface area contributed by atoms with E-state index in [1.54, 1.807) is 0 Å². The second-order valence-electron chi connectivity index (χ2n) is 7.54. The van der Waals surface area contributed by atoms with Gasteiger partial charge in [0, 0.05) is 18.2 Å². The van der Waals surface area contributed by atoms with Crippen molar-refractivity contribution in [3.8, 4) is 11.3 Å². The smallest absolute Gasteiger partial charge is 0.396 e. The molecule has 6 nitrogen and oxygen atoms in total. The van der Waals surface area contributed by atoms with Crippen LogP contribution in [0.4, 0.5) is 32.3 Å². The lowest BCUT2D eigenvalue weighted by Gasteiger charge is -2.34. The van der Waals surface area contributed by atoms with Gasteiger partial charge in [0.05, 0.1) is 23.7 Å². The van der Waals surface area contributed by atoms with E-state index in [0.29, 0.717) is 17.5 Å². The lowest BCUT2D eigenvalue weighted by molar-refractivity contribution is -0.138. The van der Waals surface area contributed by atoms with E-state index in [1.807, 2.05) is 0 Å². The zero-order valence-corrected chi connectivity index (χ0v) is 15.9. The number of anilines is 1. The highest BCUT2D eigenvalue weighted by Gasteiger charge is 2.35. The van der Waals surface area contributed by atoms with Gasteiger partial charge >= 0.3 is 12.4 Å². The average Bonchev–Trinajstić information content (AvgIpc) is 3.12. The third-order valence-corrected chi connectivity index (χ3v) is 5.26. The van der Waals surface area contributed by atoms with Gasteiger partial charge < -0.3 is 10.4 Å². The van der Waals surface area contributed by atoms with Gasteiger partial charge in [-0.3, -0.25) is 4.40 Å². The highest BCUT2D eigenvalue weighted by molar-refractivity contribution is 5.79. The van der Waals surface area contributed by atoms with Crippen LogP contribution in [-0.4, -0.2) is 43.5 Å². The van der Waals surface area contributed by atoms with Crippen LogP contribution in [0.1, 0.15) is 24.0 Å². The molecule has 0 radical (unpaired) electrons. The Hall–Kier alpha value is -2.89. The van der Waals surface area contributed by atoms with E-state index in [4.69, 9.17) is 5.11 Å². The Morgan fingerprint density at radius 3 is 2.48 bits per heavy atom. The van der Waals surface area contributed by atoms with Crippen LogP contribution in [0.15, 0.2) is 30.7 Å². The zero-order chi connectivity index (χ0) is 22.4. The maximum absolute atomic E-state index is 13.1. The third kappa shape index (κ3) is 4.43. The fourth-order valence-corrected chi connectivity index (χ4v) is 3.67. The molecular formula is C19H17F6N5O. The number of imidazole rings is 1. The minimum absolute atomic E-state index is 0.00197. The molecule has 1 aromatic carbocycles. The van der Waals surface area contributed by atoms with Gasteiger partial charge in [0.25, 0.3) is 0 Å². The number of fused-ring (bicyclic) bond motifs is 1. The first-order valence-electron chi connectivity index (χ1n) is 9.38. The van der Waals surface area contributed by atoms with Crippen LogP contribution in [0.25, 0.3) is 16.8 Å². The number of aliphatic hydroxyl groups excluding tert-OH is 1. The fraction of sp³-hybridized carbons (Fsp3) is 0.421. The summed E-state index contributed by atoms with van der Waals surface area (Å²) >= 11 is 0. The van der Waals surface area contributed by atoms with Crippen molar-refractivity contribution in [2.75, 3.05) is 11.9 Å². The van der Waals surface area contributed by atoms with E-state index < -0.39 is 29.9 Å². The molecule has 3 aromatic rings. The molecule has 0 aliphatic heterocycles. The van der Waals surface area contributed by atoms with Crippen LogP contribution < -0.4 is 5.32 Å². The van der Waals surface area contributed by atoms with Gasteiger partial charge in [-0.05, 0) is 36.5 Å². The van der Waals surface area contributed by atoms with Crippen molar-refractivity contribution in [2.24, 2.45) is 5.92 Å². The molecule has 1 saturated carbocycles. The molecule has 4 rings (SSSR count). The van der Waals surface area contributed by atoms with Crippen LogP contribution in [0, 0.1) is 5.92 Å². The minimum Gasteiger partial charge on any atom is -0.396 e. The normalized spacial score (nSPS) is 19.5. The summed E-state index contributed by atoms with van der Waals surface area (Å²) in [5.41, 5.74) is -1.52. The summed E-state index contributed by atoms with van der Waals surface area (Å²) in [4.78, 5) is 3.99. The van der Waals surface area contributed by atoms with Crippen LogP contribution in [-0.2, 0) is 12.6 Å². The van der Waals surface area contributed by atoms with E-state index in [-0.39, 0.29) is 29.8 Å². The third-order valence-electron chi connectivity index (χ3n) is 5.26. The van der Waals surface area contributed by atoms with Crippen molar-refractivity contribution < 1.29 is 31.4 Å². The molecule has 0 amide bonds. The first kappa shape index (κ1) is 21.3. The molecule has 1 aliphatic carbocycles. The summed E-state index contributed by atoms with van der Waals surface area (Å²) in [7, 11) is 0. The number of hydrogen-bond acceptors (Lipinski definition) is 5. The molecule has 2 N–H and O–H groups in total. The topological polar surface area (TPSA) is 75.3 Å². The van der Waals surface area contributed by atoms with Gasteiger partial charge in [-0.25, -0.2) is 4.98 Å². The van der Waals surface area contributed by atoms with E-state index in [9.17, 15) is 26.3 Å². The average molecular weight is 445 g/mol. The zero-order valence-electron chi connectivity index (χ0n) is 15.9. The lowest BCUT2D eigenvalue weighted by Crippen LogP contribution is -2.38. The molecule has 0 saturated heterocycles. The van der Waals surface area contributed by atoms with Crippen LogP contribution in [0.2, 0.25) is 0 Å². The molecule has 1 aliphatic rings. The van der Waals surface area contributed by atoms with Crippen molar-refractivity contribution in [1.29, 1.82) is 0 Å². The monoisotopic (exact) mass is 445 g/mol. The summed E-state index contributed by atoms with van der Waals surface area (Å²) in [6.07, 6.45) is -6.82. The Morgan fingerprint density at radius 1 is 1.10 bits per heavy atom. The minimum atomic E-state index is -4.78. The number of aromatic nitrogens is 4. The molecule has 2 aromatic heterocycles. The van der Waals surface area contributed by atoms with E-state index in [2.05, 4.69) is 20.5 Å². The Labute approximate surface area is 171 Å². The van der Waals surface area contributed by atoms with Crippen LogP contribution in [0.3, 0.4) is 0 Å². The summed E-state index contributed by atoms with van der Waals surface area (Å²) < 4.78 is 79.9. The molecule has 0 spiro atoms. The molecule has 12 heteroatoms. The van der Waals surface area contributed by atoms with Crippen molar-refractivity contribution >= 4 is 11.5 Å². The van der Waals surface area contributed by atoms with Gasteiger partial charge in [-0.15, -0.1) is 10.2 Å². The number of hydrogen-bond donors (Lipinski definition) is 2. The number of alkyl halides is 6. The lowest BCUT2D eigenvalue weighted by atomic mass is 9.81. The number of halogens is 6. The maximum Gasteiger partial charge on any atom is 0.416 e. The van der Waals surface area contributed by atoms with Crippen molar-refractivity contribution in [2.45, 2.75) is 37.7 Å². The Kier molecular flexibility index (Phi) is 5.28. The molecular weight excluding hydrogens is 428 g/mol. The predicted octanol–water partition coefficient (Wildman–Crippen LogP) is 4.10. The largest absolute Gasteiger partial charge is 0.416 e. The fourth-order valence-electron chi connectivity index (χ4n) is 3.67. The summed E-state index contributed by atoms with van der Waals surface area (Å²) in [6.45, 7) is 0.0825. The van der Waals surface area contributed by atoms with Crippen LogP contribution in [0.5, 0.6) is 0 Å². The predicted molar refractivity (Wildman–Crippen MR) is 98.2 cm³/mol. The van der Waals surface area contributed by atoms with Gasteiger partial charge in [0.2, 0.25) is 5.95 Å². The first-order chi connectivity index (χ1) is 14.5. The van der Waals surface area contributed by atoms with E-state index in [0.717, 1.165) is 25.0 Å². The second-order valence-corrected chi connectivity index (χ2v) is 7.54. The summed E-state index contributed by atoms with van der Waals surface area (Å²) in [6, 6.07) is 2.24. The SMILES string of the molecule is OCC1CC(Nc2nnc(-c3ccc(C(F)(F)F)cc3CC(F)(F)F)c3cncn23)C1. The highest BCUT2D eigenvalue weighted by Crippen LogP contribution is 2.37. The van der Waals surface area contributed by atoms with Gasteiger partial charge in [-0.2, -0.15) is 26.3 Å². The van der Waals surface area contributed by atoms with Crippen molar-refractivity contribution in [1.82, 2.24) is 19.6 Å². The highest BCUT2D eigenvalue weighted by atomic mass is 19.4. The van der Waals surface area contributed by atoms with Crippen LogP contribution >= 0.6 is 0 Å². The maximum atomic E-state index is 13.1.